The monoisotopic (exact) mass is 480 g/mol. The summed E-state index contributed by atoms with van der Waals surface area (Å²) < 4.78 is 7.15. The SMILES string of the molecule is CCCc1nc2ccc(-c3ccc(=O)[nH]n3)cc2n1Cc1ccc(-c2ccccc2OC(=O)O)cc1. The third-order valence-electron chi connectivity index (χ3n) is 5.97. The minimum Gasteiger partial charge on any atom is -0.449 e. The van der Waals surface area contributed by atoms with Crippen LogP contribution in [0.4, 0.5) is 4.79 Å². The van der Waals surface area contributed by atoms with Gasteiger partial charge in [0.25, 0.3) is 5.56 Å². The first-order valence-corrected chi connectivity index (χ1v) is 11.7. The van der Waals surface area contributed by atoms with E-state index in [1.165, 1.54) is 6.07 Å². The average molecular weight is 481 g/mol. The molecule has 5 rings (SSSR count). The largest absolute Gasteiger partial charge is 0.511 e. The first-order chi connectivity index (χ1) is 17.5. The van der Waals surface area contributed by atoms with Crippen LogP contribution >= 0.6 is 0 Å². The highest BCUT2D eigenvalue weighted by molar-refractivity contribution is 5.82. The number of H-pyrrole nitrogens is 1. The number of benzene rings is 3. The summed E-state index contributed by atoms with van der Waals surface area (Å²) in [5, 5.41) is 15.7. The highest BCUT2D eigenvalue weighted by Crippen LogP contribution is 2.31. The number of aromatic nitrogens is 4. The van der Waals surface area contributed by atoms with Crippen molar-refractivity contribution in [2.75, 3.05) is 0 Å². The number of para-hydroxylation sites is 1. The molecule has 2 heterocycles. The predicted octanol–water partition coefficient (Wildman–Crippen LogP) is 5.51. The third kappa shape index (κ3) is 4.74. The summed E-state index contributed by atoms with van der Waals surface area (Å²) in [4.78, 5) is 27.3. The second-order valence-electron chi connectivity index (χ2n) is 8.44. The third-order valence-corrected chi connectivity index (χ3v) is 5.97. The van der Waals surface area contributed by atoms with Gasteiger partial charge >= 0.3 is 6.16 Å². The van der Waals surface area contributed by atoms with E-state index in [1.807, 2.05) is 48.5 Å². The fourth-order valence-corrected chi connectivity index (χ4v) is 4.29. The van der Waals surface area contributed by atoms with Crippen LogP contribution in [-0.4, -0.2) is 31.0 Å². The van der Waals surface area contributed by atoms with E-state index in [0.717, 1.165) is 46.4 Å². The number of ether oxygens (including phenoxy) is 1. The molecule has 0 unspecified atom stereocenters. The maximum atomic E-state index is 11.4. The standard InChI is InChI=1S/C28H24N4O4/c1-2-5-26-29-23-13-12-20(22-14-15-27(33)31-30-22)16-24(23)32(26)17-18-8-10-19(11-9-18)21-6-3-4-7-25(21)36-28(34)35/h3-4,6-16H,2,5,17H2,1H3,(H,31,33)(H,34,35). The molecule has 0 saturated carbocycles. The van der Waals surface area contributed by atoms with Crippen LogP contribution in [0, 0.1) is 0 Å². The van der Waals surface area contributed by atoms with Crippen LogP contribution in [0.1, 0.15) is 24.7 Å². The maximum Gasteiger partial charge on any atom is 0.511 e. The first-order valence-electron chi connectivity index (χ1n) is 11.7. The molecule has 180 valence electrons. The zero-order valence-corrected chi connectivity index (χ0v) is 19.6. The van der Waals surface area contributed by atoms with Crippen LogP contribution in [-0.2, 0) is 13.0 Å². The topological polar surface area (TPSA) is 110 Å². The highest BCUT2D eigenvalue weighted by atomic mass is 16.7. The Morgan fingerprint density at radius 1 is 1.00 bits per heavy atom. The van der Waals surface area contributed by atoms with Gasteiger partial charge in [0.1, 0.15) is 11.6 Å². The molecule has 0 saturated heterocycles. The molecular weight excluding hydrogens is 456 g/mol. The molecule has 0 fully saturated rings. The first kappa shape index (κ1) is 23.0. The van der Waals surface area contributed by atoms with Gasteiger partial charge in [0, 0.05) is 30.2 Å². The van der Waals surface area contributed by atoms with Crippen LogP contribution in [0.5, 0.6) is 5.75 Å². The number of hydrogen-bond donors (Lipinski definition) is 2. The Labute approximate surface area is 206 Å². The minimum atomic E-state index is -1.34. The van der Waals surface area contributed by atoms with Gasteiger partial charge in [0.15, 0.2) is 0 Å². The van der Waals surface area contributed by atoms with Crippen molar-refractivity contribution in [1.82, 2.24) is 19.7 Å². The second kappa shape index (κ2) is 9.87. The van der Waals surface area contributed by atoms with Crippen molar-refractivity contribution in [2.24, 2.45) is 0 Å². The van der Waals surface area contributed by atoms with E-state index >= 15 is 0 Å². The number of nitrogens with one attached hydrogen (secondary N) is 1. The summed E-state index contributed by atoms with van der Waals surface area (Å²) in [6, 6.07) is 24.2. The van der Waals surface area contributed by atoms with Gasteiger partial charge in [0.05, 0.1) is 16.7 Å². The molecule has 2 aromatic heterocycles. The summed E-state index contributed by atoms with van der Waals surface area (Å²) in [6.07, 6.45) is 0.474. The number of aromatic amines is 1. The van der Waals surface area contributed by atoms with Crippen LogP contribution in [0.3, 0.4) is 0 Å². The van der Waals surface area contributed by atoms with Crippen molar-refractivity contribution in [2.45, 2.75) is 26.3 Å². The Kier molecular flexibility index (Phi) is 6.32. The van der Waals surface area contributed by atoms with Crippen molar-refractivity contribution in [3.8, 4) is 28.1 Å². The number of rotatable bonds is 7. The molecule has 5 aromatic rings. The lowest BCUT2D eigenvalue weighted by atomic mass is 10.0. The number of carboxylic acid groups (broad SMARTS) is 1. The number of imidazole rings is 1. The Bertz CT molecular complexity index is 1580. The van der Waals surface area contributed by atoms with Gasteiger partial charge < -0.3 is 14.4 Å². The molecule has 0 radical (unpaired) electrons. The van der Waals surface area contributed by atoms with Crippen molar-refractivity contribution >= 4 is 17.2 Å². The zero-order chi connectivity index (χ0) is 25.1. The summed E-state index contributed by atoms with van der Waals surface area (Å²) >= 11 is 0. The molecule has 3 aromatic carbocycles. The van der Waals surface area contributed by atoms with E-state index in [-0.39, 0.29) is 5.56 Å². The van der Waals surface area contributed by atoms with Gasteiger partial charge in [0.2, 0.25) is 0 Å². The van der Waals surface area contributed by atoms with Crippen molar-refractivity contribution < 1.29 is 14.6 Å². The number of carbonyl (C=O) groups is 1. The van der Waals surface area contributed by atoms with Crippen molar-refractivity contribution in [1.29, 1.82) is 0 Å². The lowest BCUT2D eigenvalue weighted by Crippen LogP contribution is -2.06. The summed E-state index contributed by atoms with van der Waals surface area (Å²) in [5.41, 5.74) is 5.91. The van der Waals surface area contributed by atoms with E-state index in [0.29, 0.717) is 23.6 Å². The second-order valence-corrected chi connectivity index (χ2v) is 8.44. The number of hydrogen-bond acceptors (Lipinski definition) is 5. The Morgan fingerprint density at radius 2 is 1.78 bits per heavy atom. The predicted molar refractivity (Wildman–Crippen MR) is 137 cm³/mol. The molecular formula is C28H24N4O4. The van der Waals surface area contributed by atoms with Crippen LogP contribution in [0.2, 0.25) is 0 Å². The minimum absolute atomic E-state index is 0.240. The summed E-state index contributed by atoms with van der Waals surface area (Å²) in [6.45, 7) is 2.76. The van der Waals surface area contributed by atoms with Gasteiger partial charge in [-0.05, 0) is 41.8 Å². The Balaban J connectivity index is 1.49. The summed E-state index contributed by atoms with van der Waals surface area (Å²) in [5.74, 6) is 1.30. The molecule has 2 N–H and O–H groups in total. The molecule has 0 aliphatic rings. The Hall–Kier alpha value is -4.72. The molecule has 8 heteroatoms. The van der Waals surface area contributed by atoms with E-state index in [4.69, 9.17) is 14.8 Å². The molecule has 0 bridgehead atoms. The van der Waals surface area contributed by atoms with E-state index in [9.17, 15) is 9.59 Å². The highest BCUT2D eigenvalue weighted by Gasteiger charge is 2.14. The molecule has 36 heavy (non-hydrogen) atoms. The lowest BCUT2D eigenvalue weighted by Gasteiger charge is -2.12. The molecule has 0 spiro atoms. The van der Waals surface area contributed by atoms with Gasteiger partial charge in [-0.25, -0.2) is 14.9 Å². The van der Waals surface area contributed by atoms with Crippen molar-refractivity contribution in [3.05, 3.63) is 101 Å². The smallest absolute Gasteiger partial charge is 0.449 e. The average Bonchev–Trinajstić information content (AvgIpc) is 3.21. The number of aryl methyl sites for hydroxylation is 1. The quantitative estimate of drug-likeness (QED) is 0.235. The van der Waals surface area contributed by atoms with Crippen LogP contribution in [0.25, 0.3) is 33.4 Å². The summed E-state index contributed by atoms with van der Waals surface area (Å²) in [7, 11) is 0. The maximum absolute atomic E-state index is 11.4. The van der Waals surface area contributed by atoms with Crippen LogP contribution in [0.15, 0.2) is 83.7 Å². The van der Waals surface area contributed by atoms with Crippen molar-refractivity contribution in [3.63, 3.8) is 0 Å². The molecule has 0 aliphatic carbocycles. The normalized spacial score (nSPS) is 11.0. The van der Waals surface area contributed by atoms with Crippen LogP contribution < -0.4 is 10.3 Å². The van der Waals surface area contributed by atoms with E-state index in [2.05, 4.69) is 27.8 Å². The zero-order valence-electron chi connectivity index (χ0n) is 19.6. The fraction of sp³-hybridized carbons (Fsp3) is 0.143. The van der Waals surface area contributed by atoms with E-state index in [1.54, 1.807) is 18.2 Å². The number of nitrogens with zero attached hydrogens (tertiary/aromatic N) is 3. The lowest BCUT2D eigenvalue weighted by molar-refractivity contribution is 0.144. The number of fused-ring (bicyclic) bond motifs is 1. The van der Waals surface area contributed by atoms with Gasteiger partial charge in [-0.3, -0.25) is 4.79 Å². The van der Waals surface area contributed by atoms with Gasteiger partial charge in [-0.1, -0.05) is 55.5 Å². The molecule has 0 amide bonds. The van der Waals surface area contributed by atoms with Gasteiger partial charge in [-0.2, -0.15) is 5.10 Å². The molecule has 0 aliphatic heterocycles. The van der Waals surface area contributed by atoms with E-state index < -0.39 is 6.16 Å². The fourth-order valence-electron chi connectivity index (χ4n) is 4.29. The van der Waals surface area contributed by atoms with Gasteiger partial charge in [-0.15, -0.1) is 0 Å². The molecule has 0 atom stereocenters. The Morgan fingerprint density at radius 3 is 2.50 bits per heavy atom. The molecule has 8 nitrogen and oxygen atoms in total.